The molecule has 0 bridgehead atoms. The highest BCUT2D eigenvalue weighted by atomic mass is 16.5. The van der Waals surface area contributed by atoms with Crippen molar-refractivity contribution in [1.82, 2.24) is 0 Å². The molecule has 0 heterocycles. The van der Waals surface area contributed by atoms with Gasteiger partial charge in [-0.2, -0.15) is 0 Å². The van der Waals surface area contributed by atoms with Crippen LogP contribution >= 0.6 is 0 Å². The number of ether oxygens (including phenoxy) is 1. The Morgan fingerprint density at radius 2 is 0.955 bits per heavy atom. The van der Waals surface area contributed by atoms with Crippen LogP contribution in [0, 0.1) is 0 Å². The summed E-state index contributed by atoms with van der Waals surface area (Å²) in [5, 5.41) is 10.2. The minimum absolute atomic E-state index is 0.123. The van der Waals surface area contributed by atoms with E-state index in [0.29, 0.717) is 0 Å². The summed E-state index contributed by atoms with van der Waals surface area (Å²) in [4.78, 5) is 0. The summed E-state index contributed by atoms with van der Waals surface area (Å²) < 4.78 is 4.36. The summed E-state index contributed by atoms with van der Waals surface area (Å²) in [6, 6.07) is 0. The minimum Gasteiger partial charge on any atom is -0.474 e. The Morgan fingerprint density at radius 3 is 1.18 bits per heavy atom. The van der Waals surface area contributed by atoms with Crippen molar-refractivity contribution in [3.63, 3.8) is 0 Å². The molecule has 0 aliphatic heterocycles. The van der Waals surface area contributed by atoms with E-state index < -0.39 is 0 Å². The Bertz CT molecular complexity index is 182. The molecule has 0 N–H and O–H groups in total. The van der Waals surface area contributed by atoms with Gasteiger partial charge >= 0.3 is 0 Å². The van der Waals surface area contributed by atoms with Gasteiger partial charge < -0.3 is 4.74 Å². The fraction of sp³-hybridized carbons (Fsp3) is 0.800. The molecule has 0 fully saturated rings. The van der Waals surface area contributed by atoms with Crippen molar-refractivity contribution in [2.45, 2.75) is 96.8 Å². The van der Waals surface area contributed by atoms with Gasteiger partial charge in [0.15, 0.2) is 0 Å². The smallest absolute Gasteiger partial charge is 0.0829 e. The molecule has 2 nitrogen and oxygen atoms in total. The highest BCUT2D eigenvalue weighted by Crippen LogP contribution is 2.12. The molecule has 0 atom stereocenters. The van der Waals surface area contributed by atoms with Crippen LogP contribution in [0.4, 0.5) is 0 Å². The second-order valence-electron chi connectivity index (χ2n) is 5.77. The summed E-state index contributed by atoms with van der Waals surface area (Å²) >= 11 is 0. The zero-order valence-electron chi connectivity index (χ0n) is 15.0. The lowest BCUT2D eigenvalue weighted by Crippen LogP contribution is -1.84. The first-order valence-electron chi connectivity index (χ1n) is 9.28. The van der Waals surface area contributed by atoms with Crippen LogP contribution in [0.3, 0.4) is 0 Å². The van der Waals surface area contributed by atoms with Crippen LogP contribution in [0.25, 0.3) is 0 Å². The van der Waals surface area contributed by atoms with Gasteiger partial charge in [0.1, 0.15) is 0 Å². The zero-order valence-corrected chi connectivity index (χ0v) is 15.0. The maximum absolute atomic E-state index is 10.2. The molecule has 1 radical (unpaired) electrons. The monoisotopic (exact) mass is 311 g/mol. The molecule has 0 saturated heterocycles. The summed E-state index contributed by atoms with van der Waals surface area (Å²) in [7, 11) is 0. The van der Waals surface area contributed by atoms with Crippen LogP contribution in [-0.4, -0.2) is 6.61 Å². The summed E-state index contributed by atoms with van der Waals surface area (Å²) in [6.45, 7) is 8.91. The van der Waals surface area contributed by atoms with Crippen molar-refractivity contribution >= 4 is 0 Å². The van der Waals surface area contributed by atoms with E-state index in [0.717, 1.165) is 12.8 Å². The molecule has 0 aliphatic carbocycles. The van der Waals surface area contributed by atoms with Gasteiger partial charge in [-0.25, -0.2) is 5.11 Å². The first kappa shape index (κ1) is 23.5. The fourth-order valence-corrected chi connectivity index (χ4v) is 2.36. The second-order valence-corrected chi connectivity index (χ2v) is 5.77. The van der Waals surface area contributed by atoms with Gasteiger partial charge in [-0.3, -0.25) is 0 Å². The molecule has 0 rings (SSSR count). The molecule has 0 unspecified atom stereocenters. The molecule has 0 saturated carbocycles. The largest absolute Gasteiger partial charge is 0.474 e. The summed E-state index contributed by atoms with van der Waals surface area (Å²) in [6.07, 6.45) is 21.5. The highest BCUT2D eigenvalue weighted by Gasteiger charge is 1.93. The third-order valence-corrected chi connectivity index (χ3v) is 3.69. The lowest BCUT2D eigenvalue weighted by atomic mass is 10.0. The number of rotatable bonds is 16. The molecule has 0 aliphatic rings. The SMILES string of the molecule is C=COC=C.CCCCCCCCCCCCCCCC[O]. The molecule has 22 heavy (non-hydrogen) atoms. The summed E-state index contributed by atoms with van der Waals surface area (Å²) in [5.41, 5.74) is 0. The normalized spacial score (nSPS) is 9.73. The van der Waals surface area contributed by atoms with Crippen LogP contribution < -0.4 is 0 Å². The third-order valence-electron chi connectivity index (χ3n) is 3.69. The Morgan fingerprint density at radius 1 is 0.636 bits per heavy atom. The van der Waals surface area contributed by atoms with E-state index in [1.54, 1.807) is 0 Å². The van der Waals surface area contributed by atoms with Gasteiger partial charge in [-0.05, 0) is 6.42 Å². The van der Waals surface area contributed by atoms with Crippen molar-refractivity contribution in [1.29, 1.82) is 0 Å². The molecule has 0 amide bonds. The van der Waals surface area contributed by atoms with E-state index in [4.69, 9.17) is 0 Å². The average molecular weight is 312 g/mol. The molecule has 0 aromatic heterocycles. The van der Waals surface area contributed by atoms with Crippen molar-refractivity contribution < 1.29 is 9.84 Å². The standard InChI is InChI=1S/C16H33O.C4H6O/c1-2-3-4-5-6-7-8-9-10-11-12-13-14-15-16-17;1-3-5-4-2/h2-16H2,1H3;3-4H,1-2H2. The second kappa shape index (κ2) is 25.2. The zero-order chi connectivity index (χ0) is 16.7. The van der Waals surface area contributed by atoms with E-state index in [2.05, 4.69) is 24.8 Å². The molecule has 0 aromatic rings. The maximum Gasteiger partial charge on any atom is 0.0829 e. The van der Waals surface area contributed by atoms with Crippen molar-refractivity contribution in [2.75, 3.05) is 6.61 Å². The van der Waals surface area contributed by atoms with E-state index in [1.807, 2.05) is 0 Å². The van der Waals surface area contributed by atoms with Crippen LogP contribution in [0.1, 0.15) is 96.8 Å². The van der Waals surface area contributed by atoms with Crippen molar-refractivity contribution in [3.05, 3.63) is 25.7 Å². The number of hydrogen-bond acceptors (Lipinski definition) is 1. The van der Waals surface area contributed by atoms with Crippen LogP contribution in [-0.2, 0) is 9.84 Å². The van der Waals surface area contributed by atoms with Gasteiger partial charge in [0.05, 0.1) is 19.1 Å². The van der Waals surface area contributed by atoms with Gasteiger partial charge in [0.25, 0.3) is 0 Å². The maximum atomic E-state index is 10.2. The van der Waals surface area contributed by atoms with Crippen LogP contribution in [0.15, 0.2) is 25.7 Å². The molecular formula is C20H39O2. The Hall–Kier alpha value is -0.760. The lowest BCUT2D eigenvalue weighted by molar-refractivity contribution is 0.186. The van der Waals surface area contributed by atoms with Gasteiger partial charge in [-0.15, -0.1) is 0 Å². The van der Waals surface area contributed by atoms with Gasteiger partial charge in [0.2, 0.25) is 0 Å². The molecule has 131 valence electrons. The van der Waals surface area contributed by atoms with Crippen LogP contribution in [0.5, 0.6) is 0 Å². The quantitative estimate of drug-likeness (QED) is 0.219. The predicted molar refractivity (Wildman–Crippen MR) is 97.3 cm³/mol. The molecule has 2 heteroatoms. The van der Waals surface area contributed by atoms with E-state index >= 15 is 0 Å². The van der Waals surface area contributed by atoms with E-state index in [1.165, 1.54) is 89.6 Å². The van der Waals surface area contributed by atoms with Crippen molar-refractivity contribution in [3.8, 4) is 0 Å². The van der Waals surface area contributed by atoms with Gasteiger partial charge in [-0.1, -0.05) is 104 Å². The van der Waals surface area contributed by atoms with E-state index in [9.17, 15) is 5.11 Å². The topological polar surface area (TPSA) is 29.1 Å². The third kappa shape index (κ3) is 27.6. The Kier molecular flexibility index (Phi) is 26.9. The first-order valence-corrected chi connectivity index (χ1v) is 9.28. The van der Waals surface area contributed by atoms with Crippen LogP contribution in [0.2, 0.25) is 0 Å². The highest BCUT2D eigenvalue weighted by molar-refractivity contribution is 4.57. The first-order chi connectivity index (χ1) is 10.8. The predicted octanol–water partition coefficient (Wildman–Crippen LogP) is 7.19. The summed E-state index contributed by atoms with van der Waals surface area (Å²) in [5.74, 6) is 0. The average Bonchev–Trinajstić information content (AvgIpc) is 2.53. The van der Waals surface area contributed by atoms with Gasteiger partial charge in [0, 0.05) is 0 Å². The minimum atomic E-state index is 0.123. The Labute approximate surface area is 139 Å². The number of hydrogen-bond donors (Lipinski definition) is 0. The number of unbranched alkanes of at least 4 members (excludes halogenated alkanes) is 13. The van der Waals surface area contributed by atoms with E-state index in [-0.39, 0.29) is 6.61 Å². The molecule has 0 aromatic carbocycles. The Balaban J connectivity index is 0. The molecule has 0 spiro atoms. The van der Waals surface area contributed by atoms with Crippen molar-refractivity contribution in [2.24, 2.45) is 0 Å². The fourth-order valence-electron chi connectivity index (χ4n) is 2.36. The molecular weight excluding hydrogens is 272 g/mol. The lowest BCUT2D eigenvalue weighted by Gasteiger charge is -2.02.